The lowest BCUT2D eigenvalue weighted by Crippen LogP contribution is -2.05. The van der Waals surface area contributed by atoms with Gasteiger partial charge in [0.2, 0.25) is 0 Å². The standard InChI is InChI=1S/C10H7F3OS/c11-10(12,13)8-6-7(2-1-5-15)3-4-9(8)14/h3-4,6,14-15H,5H2. The number of halogens is 3. The Hall–Kier alpha value is -1.28. The number of rotatable bonds is 0. The second-order valence-corrected chi connectivity index (χ2v) is 3.01. The molecule has 0 amide bonds. The number of phenols is 1. The van der Waals surface area contributed by atoms with Crippen LogP contribution in [0.3, 0.4) is 0 Å². The number of benzene rings is 1. The van der Waals surface area contributed by atoms with Gasteiger partial charge in [-0.1, -0.05) is 11.8 Å². The van der Waals surface area contributed by atoms with Crippen LogP contribution in [-0.4, -0.2) is 10.9 Å². The first-order valence-corrected chi connectivity index (χ1v) is 4.58. The Balaban J connectivity index is 3.17. The van der Waals surface area contributed by atoms with Gasteiger partial charge in [-0.25, -0.2) is 0 Å². The van der Waals surface area contributed by atoms with Crippen molar-refractivity contribution in [2.45, 2.75) is 6.18 Å². The van der Waals surface area contributed by atoms with Gasteiger partial charge in [0.25, 0.3) is 0 Å². The molecule has 5 heteroatoms. The van der Waals surface area contributed by atoms with Gasteiger partial charge in [0.1, 0.15) is 5.75 Å². The van der Waals surface area contributed by atoms with Crippen molar-refractivity contribution in [3.05, 3.63) is 29.3 Å². The fourth-order valence-electron chi connectivity index (χ4n) is 0.982. The SMILES string of the molecule is Oc1ccc(C#CCS)cc1C(F)(F)F. The maximum Gasteiger partial charge on any atom is 0.419 e. The molecule has 0 atom stereocenters. The fraction of sp³-hybridized carbons (Fsp3) is 0.200. The lowest BCUT2D eigenvalue weighted by Gasteiger charge is -2.08. The van der Waals surface area contributed by atoms with Gasteiger partial charge in [-0.05, 0) is 18.2 Å². The second kappa shape index (κ2) is 4.49. The van der Waals surface area contributed by atoms with Crippen LogP contribution in [0.4, 0.5) is 13.2 Å². The molecule has 80 valence electrons. The second-order valence-electron chi connectivity index (χ2n) is 2.69. The van der Waals surface area contributed by atoms with E-state index in [2.05, 4.69) is 24.5 Å². The number of phenolic OH excluding ortho intramolecular Hbond substituents is 1. The van der Waals surface area contributed by atoms with E-state index in [0.717, 1.165) is 12.1 Å². The van der Waals surface area contributed by atoms with Crippen LogP contribution in [0.5, 0.6) is 5.75 Å². The Kier molecular flexibility index (Phi) is 3.53. The summed E-state index contributed by atoms with van der Waals surface area (Å²) in [5.74, 6) is 4.50. The average Bonchev–Trinajstić information content (AvgIpc) is 2.15. The number of hydrogen-bond acceptors (Lipinski definition) is 2. The van der Waals surface area contributed by atoms with E-state index in [1.165, 1.54) is 6.07 Å². The summed E-state index contributed by atoms with van der Waals surface area (Å²) in [6.07, 6.45) is -4.57. The molecule has 1 rings (SSSR count). The molecular formula is C10H7F3OS. The van der Waals surface area contributed by atoms with Crippen LogP contribution in [0, 0.1) is 11.8 Å². The predicted octanol–water partition coefficient (Wildman–Crippen LogP) is 2.69. The molecule has 0 aliphatic carbocycles. The molecule has 0 heterocycles. The Morgan fingerprint density at radius 2 is 2.00 bits per heavy atom. The zero-order valence-corrected chi connectivity index (χ0v) is 8.36. The molecule has 0 aliphatic heterocycles. The van der Waals surface area contributed by atoms with Crippen LogP contribution >= 0.6 is 12.6 Å². The summed E-state index contributed by atoms with van der Waals surface area (Å²) < 4.78 is 37.0. The Labute approximate surface area is 90.3 Å². The molecule has 0 spiro atoms. The zero-order valence-electron chi connectivity index (χ0n) is 7.47. The third-order valence-corrected chi connectivity index (χ3v) is 1.77. The molecule has 0 saturated heterocycles. The van der Waals surface area contributed by atoms with Crippen molar-refractivity contribution in [3.63, 3.8) is 0 Å². The molecule has 0 aromatic heterocycles. The molecule has 0 bridgehead atoms. The highest BCUT2D eigenvalue weighted by Crippen LogP contribution is 2.35. The van der Waals surface area contributed by atoms with E-state index in [1.807, 2.05) is 0 Å². The molecule has 1 N–H and O–H groups in total. The van der Waals surface area contributed by atoms with E-state index >= 15 is 0 Å². The smallest absolute Gasteiger partial charge is 0.419 e. The third-order valence-electron chi connectivity index (χ3n) is 1.61. The van der Waals surface area contributed by atoms with Crippen molar-refractivity contribution in [3.8, 4) is 17.6 Å². The van der Waals surface area contributed by atoms with Gasteiger partial charge in [0, 0.05) is 5.56 Å². The molecule has 0 fully saturated rings. The van der Waals surface area contributed by atoms with Crippen molar-refractivity contribution in [2.24, 2.45) is 0 Å². The summed E-state index contributed by atoms with van der Waals surface area (Å²) in [4.78, 5) is 0. The maximum atomic E-state index is 12.3. The van der Waals surface area contributed by atoms with Gasteiger partial charge >= 0.3 is 6.18 Å². The molecular weight excluding hydrogens is 225 g/mol. The van der Waals surface area contributed by atoms with Gasteiger partial charge in [0.05, 0.1) is 11.3 Å². The quantitative estimate of drug-likeness (QED) is 0.520. The summed E-state index contributed by atoms with van der Waals surface area (Å²) in [7, 11) is 0. The maximum absolute atomic E-state index is 12.3. The van der Waals surface area contributed by atoms with E-state index in [9.17, 15) is 13.2 Å². The van der Waals surface area contributed by atoms with E-state index in [4.69, 9.17) is 5.11 Å². The predicted molar refractivity (Wildman–Crippen MR) is 53.8 cm³/mol. The van der Waals surface area contributed by atoms with Crippen LogP contribution in [0.15, 0.2) is 18.2 Å². The van der Waals surface area contributed by atoms with E-state index in [1.54, 1.807) is 0 Å². The lowest BCUT2D eigenvalue weighted by atomic mass is 10.1. The number of aromatic hydroxyl groups is 1. The van der Waals surface area contributed by atoms with Gasteiger partial charge < -0.3 is 5.11 Å². The summed E-state index contributed by atoms with van der Waals surface area (Å²) in [5.41, 5.74) is -0.873. The van der Waals surface area contributed by atoms with E-state index < -0.39 is 17.5 Å². The third kappa shape index (κ3) is 3.10. The van der Waals surface area contributed by atoms with Crippen molar-refractivity contribution in [1.82, 2.24) is 0 Å². The van der Waals surface area contributed by atoms with Gasteiger partial charge in [-0.3, -0.25) is 0 Å². The first-order valence-electron chi connectivity index (χ1n) is 3.95. The van der Waals surface area contributed by atoms with Gasteiger partial charge in [0.15, 0.2) is 0 Å². The van der Waals surface area contributed by atoms with Crippen molar-refractivity contribution in [1.29, 1.82) is 0 Å². The highest BCUT2D eigenvalue weighted by Gasteiger charge is 2.33. The van der Waals surface area contributed by atoms with Crippen molar-refractivity contribution in [2.75, 3.05) is 5.75 Å². The number of alkyl halides is 3. The van der Waals surface area contributed by atoms with E-state index in [-0.39, 0.29) is 11.3 Å². The summed E-state index contributed by atoms with van der Waals surface area (Å²) in [5, 5.41) is 9.01. The average molecular weight is 232 g/mol. The zero-order chi connectivity index (χ0) is 11.5. The highest BCUT2D eigenvalue weighted by atomic mass is 32.1. The number of thiol groups is 1. The van der Waals surface area contributed by atoms with Crippen LogP contribution in [0.25, 0.3) is 0 Å². The lowest BCUT2D eigenvalue weighted by molar-refractivity contribution is -0.138. The monoisotopic (exact) mass is 232 g/mol. The fourth-order valence-corrected chi connectivity index (χ4v) is 1.06. The van der Waals surface area contributed by atoms with Crippen molar-refractivity contribution >= 4 is 12.6 Å². The van der Waals surface area contributed by atoms with Gasteiger partial charge in [-0.2, -0.15) is 25.8 Å². The summed E-state index contributed by atoms with van der Waals surface area (Å²) in [6.45, 7) is 0. The molecule has 0 radical (unpaired) electrons. The molecule has 0 unspecified atom stereocenters. The molecule has 15 heavy (non-hydrogen) atoms. The molecule has 1 aromatic carbocycles. The first-order chi connectivity index (χ1) is 6.95. The first kappa shape index (κ1) is 11.8. The molecule has 0 saturated carbocycles. The Morgan fingerprint density at radius 3 is 2.53 bits per heavy atom. The molecule has 1 aromatic rings. The largest absolute Gasteiger partial charge is 0.507 e. The minimum Gasteiger partial charge on any atom is -0.507 e. The summed E-state index contributed by atoms with van der Waals surface area (Å²) in [6, 6.07) is 3.11. The van der Waals surface area contributed by atoms with Gasteiger partial charge in [-0.15, -0.1) is 0 Å². The summed E-state index contributed by atoms with van der Waals surface area (Å²) >= 11 is 3.81. The van der Waals surface area contributed by atoms with Crippen LogP contribution in [0.2, 0.25) is 0 Å². The highest BCUT2D eigenvalue weighted by molar-refractivity contribution is 7.80. The van der Waals surface area contributed by atoms with E-state index in [0.29, 0.717) is 0 Å². The van der Waals surface area contributed by atoms with Crippen molar-refractivity contribution < 1.29 is 18.3 Å². The topological polar surface area (TPSA) is 20.2 Å². The van der Waals surface area contributed by atoms with Crippen LogP contribution in [0.1, 0.15) is 11.1 Å². The Bertz CT molecular complexity index is 415. The molecule has 0 aliphatic rings. The number of hydrogen-bond donors (Lipinski definition) is 2. The minimum absolute atomic E-state index is 0.203. The Morgan fingerprint density at radius 1 is 1.33 bits per heavy atom. The van der Waals surface area contributed by atoms with Crippen LogP contribution in [-0.2, 0) is 6.18 Å². The van der Waals surface area contributed by atoms with Crippen LogP contribution < -0.4 is 0 Å². The normalized spacial score (nSPS) is 10.7. The molecule has 1 nitrogen and oxygen atoms in total. The minimum atomic E-state index is -4.57.